The first kappa shape index (κ1) is 24.2. The monoisotopic (exact) mass is 472 g/mol. The van der Waals surface area contributed by atoms with Crippen molar-refractivity contribution in [2.24, 2.45) is 0 Å². The summed E-state index contributed by atoms with van der Waals surface area (Å²) in [6.45, 7) is 4.25. The molecular weight excluding hydrogens is 436 g/mol. The van der Waals surface area contributed by atoms with Crippen LogP contribution >= 0.6 is 0 Å². The Balaban J connectivity index is 0.000000148. The largest absolute Gasteiger partial charge is 0.302 e. The van der Waals surface area contributed by atoms with Gasteiger partial charge in [-0.1, -0.05) is 115 Å². The highest BCUT2D eigenvalue weighted by atomic mass is 15.1. The molecule has 1 unspecified atom stereocenters. The van der Waals surface area contributed by atoms with Crippen molar-refractivity contribution in [3.05, 3.63) is 149 Å². The molecule has 182 valence electrons. The second-order valence-corrected chi connectivity index (χ2v) is 10.0. The fourth-order valence-corrected chi connectivity index (χ4v) is 5.45. The molecule has 0 aliphatic carbocycles. The van der Waals surface area contributed by atoms with Gasteiger partial charge in [0.2, 0.25) is 0 Å². The summed E-state index contributed by atoms with van der Waals surface area (Å²) in [6, 6.07) is 39.2. The van der Waals surface area contributed by atoms with Crippen LogP contribution in [-0.2, 0) is 13.1 Å². The molecule has 4 aromatic rings. The van der Waals surface area contributed by atoms with Gasteiger partial charge in [-0.05, 0) is 66.0 Å². The highest BCUT2D eigenvalue weighted by Gasteiger charge is 2.21. The molecule has 2 aliphatic rings. The molecule has 36 heavy (non-hydrogen) atoms. The Morgan fingerprint density at radius 2 is 1.22 bits per heavy atom. The molecule has 0 saturated heterocycles. The van der Waals surface area contributed by atoms with Gasteiger partial charge in [-0.25, -0.2) is 0 Å². The van der Waals surface area contributed by atoms with Gasteiger partial charge >= 0.3 is 0 Å². The van der Waals surface area contributed by atoms with Crippen LogP contribution in [0.4, 0.5) is 0 Å². The smallest absolute Gasteiger partial charge is 0.0240 e. The van der Waals surface area contributed by atoms with Crippen LogP contribution in [0.25, 0.3) is 5.57 Å². The molecular formula is C34H36N2. The van der Waals surface area contributed by atoms with Crippen LogP contribution in [0.15, 0.2) is 115 Å². The molecule has 4 aromatic carbocycles. The maximum absolute atomic E-state index is 2.42. The van der Waals surface area contributed by atoms with Crippen molar-refractivity contribution in [3.63, 3.8) is 0 Å². The number of hydrogen-bond acceptors (Lipinski definition) is 2. The summed E-state index contributed by atoms with van der Waals surface area (Å²) < 4.78 is 0. The standard InChI is InChI=1S/C17H19N.C17H17N/c2*1-18-12-11-17(14-7-3-2-4-8-14)16-10-6-5-9-15(16)13-18/h2-10,17H,11-13H2,1H3;2-11H,12-13H2,1H3. The number of nitrogens with zero attached hydrogens (tertiary/aromatic N) is 2. The minimum Gasteiger partial charge on any atom is -0.302 e. The zero-order valence-corrected chi connectivity index (χ0v) is 21.5. The van der Waals surface area contributed by atoms with Gasteiger partial charge in [0.1, 0.15) is 0 Å². The molecule has 0 saturated carbocycles. The van der Waals surface area contributed by atoms with Crippen molar-refractivity contribution in [1.29, 1.82) is 0 Å². The first-order chi connectivity index (χ1) is 17.7. The van der Waals surface area contributed by atoms with E-state index in [2.05, 4.69) is 139 Å². The average molecular weight is 473 g/mol. The lowest BCUT2D eigenvalue weighted by atomic mass is 9.87. The normalized spacial score (nSPS) is 17.9. The topological polar surface area (TPSA) is 6.48 Å². The summed E-state index contributed by atoms with van der Waals surface area (Å²) in [5, 5.41) is 0. The molecule has 2 heteroatoms. The SMILES string of the molecule is CN1CC=C(c2ccccc2)c2ccccc2C1.CN1CCC(c2ccccc2)c2ccccc2C1. The first-order valence-corrected chi connectivity index (χ1v) is 13.0. The lowest BCUT2D eigenvalue weighted by Crippen LogP contribution is -2.17. The van der Waals surface area contributed by atoms with Gasteiger partial charge in [0.25, 0.3) is 0 Å². The molecule has 2 aliphatic heterocycles. The van der Waals surface area contributed by atoms with Gasteiger partial charge in [0.15, 0.2) is 0 Å². The van der Waals surface area contributed by atoms with E-state index in [-0.39, 0.29) is 0 Å². The Labute approximate surface area is 216 Å². The van der Waals surface area contributed by atoms with Crippen LogP contribution in [0.1, 0.15) is 45.7 Å². The Morgan fingerprint density at radius 1 is 0.611 bits per heavy atom. The van der Waals surface area contributed by atoms with E-state index < -0.39 is 0 Å². The summed E-state index contributed by atoms with van der Waals surface area (Å²) in [4.78, 5) is 4.76. The summed E-state index contributed by atoms with van der Waals surface area (Å²) in [5.41, 5.74) is 9.87. The van der Waals surface area contributed by atoms with Crippen LogP contribution < -0.4 is 0 Å². The molecule has 0 fully saturated rings. The summed E-state index contributed by atoms with van der Waals surface area (Å²) >= 11 is 0. The third-order valence-electron chi connectivity index (χ3n) is 7.31. The molecule has 6 rings (SSSR count). The van der Waals surface area contributed by atoms with E-state index in [1.807, 2.05) is 0 Å². The molecule has 0 aromatic heterocycles. The quantitative estimate of drug-likeness (QED) is 0.304. The van der Waals surface area contributed by atoms with E-state index in [1.165, 1.54) is 45.4 Å². The minimum atomic E-state index is 0.548. The maximum Gasteiger partial charge on any atom is 0.0240 e. The van der Waals surface area contributed by atoms with E-state index in [0.29, 0.717) is 5.92 Å². The summed E-state index contributed by atoms with van der Waals surface area (Å²) in [7, 11) is 4.38. The van der Waals surface area contributed by atoms with Crippen molar-refractivity contribution in [2.75, 3.05) is 27.2 Å². The van der Waals surface area contributed by atoms with Crippen LogP contribution in [0.5, 0.6) is 0 Å². The molecule has 2 heterocycles. The second kappa shape index (κ2) is 11.5. The highest BCUT2D eigenvalue weighted by molar-refractivity contribution is 5.81. The second-order valence-electron chi connectivity index (χ2n) is 10.0. The van der Waals surface area contributed by atoms with Crippen LogP contribution in [0.3, 0.4) is 0 Å². The van der Waals surface area contributed by atoms with Gasteiger partial charge in [0, 0.05) is 25.6 Å². The molecule has 0 amide bonds. The number of hydrogen-bond donors (Lipinski definition) is 0. The summed E-state index contributed by atoms with van der Waals surface area (Å²) in [5.74, 6) is 0.548. The van der Waals surface area contributed by atoms with Crippen molar-refractivity contribution < 1.29 is 0 Å². The average Bonchev–Trinajstić information content (AvgIpc) is 3.20. The maximum atomic E-state index is 2.42. The van der Waals surface area contributed by atoms with Gasteiger partial charge in [0.05, 0.1) is 0 Å². The fourth-order valence-electron chi connectivity index (χ4n) is 5.45. The molecule has 2 nitrogen and oxygen atoms in total. The molecule has 0 radical (unpaired) electrons. The predicted molar refractivity (Wildman–Crippen MR) is 152 cm³/mol. The predicted octanol–water partition coefficient (Wildman–Crippen LogP) is 7.22. The zero-order chi connectivity index (χ0) is 24.7. The third-order valence-corrected chi connectivity index (χ3v) is 7.31. The molecule has 0 spiro atoms. The third kappa shape index (κ3) is 5.67. The highest BCUT2D eigenvalue weighted by Crippen LogP contribution is 2.33. The lowest BCUT2D eigenvalue weighted by molar-refractivity contribution is 0.328. The van der Waals surface area contributed by atoms with Crippen molar-refractivity contribution in [1.82, 2.24) is 9.80 Å². The van der Waals surface area contributed by atoms with E-state index in [0.717, 1.165) is 26.2 Å². The van der Waals surface area contributed by atoms with E-state index in [1.54, 1.807) is 0 Å². The number of likely N-dealkylation sites (N-methyl/N-ethyl adjacent to an activating group) is 1. The van der Waals surface area contributed by atoms with Crippen molar-refractivity contribution in [2.45, 2.75) is 25.4 Å². The van der Waals surface area contributed by atoms with Gasteiger partial charge in [-0.2, -0.15) is 0 Å². The van der Waals surface area contributed by atoms with E-state index in [4.69, 9.17) is 0 Å². The number of rotatable bonds is 2. The summed E-state index contributed by atoms with van der Waals surface area (Å²) in [6.07, 6.45) is 3.54. The van der Waals surface area contributed by atoms with Gasteiger partial charge < -0.3 is 4.90 Å². The van der Waals surface area contributed by atoms with Gasteiger partial charge in [-0.15, -0.1) is 0 Å². The first-order valence-electron chi connectivity index (χ1n) is 13.0. The Hall–Kier alpha value is -3.46. The number of benzene rings is 4. The van der Waals surface area contributed by atoms with E-state index in [9.17, 15) is 0 Å². The Kier molecular flexibility index (Phi) is 7.76. The Bertz CT molecular complexity index is 1290. The minimum absolute atomic E-state index is 0.548. The van der Waals surface area contributed by atoms with Gasteiger partial charge in [-0.3, -0.25) is 4.90 Å². The van der Waals surface area contributed by atoms with E-state index >= 15 is 0 Å². The van der Waals surface area contributed by atoms with Crippen molar-refractivity contribution >= 4 is 5.57 Å². The molecule has 0 N–H and O–H groups in total. The molecule has 1 atom stereocenters. The zero-order valence-electron chi connectivity index (χ0n) is 21.5. The Morgan fingerprint density at radius 3 is 2.00 bits per heavy atom. The van der Waals surface area contributed by atoms with Crippen LogP contribution in [0, 0.1) is 0 Å². The van der Waals surface area contributed by atoms with Crippen LogP contribution in [0.2, 0.25) is 0 Å². The number of fused-ring (bicyclic) bond motifs is 2. The van der Waals surface area contributed by atoms with Crippen LogP contribution in [-0.4, -0.2) is 37.0 Å². The lowest BCUT2D eigenvalue weighted by Gasteiger charge is -2.17. The van der Waals surface area contributed by atoms with Crippen molar-refractivity contribution in [3.8, 4) is 0 Å². The molecule has 0 bridgehead atoms. The fraction of sp³-hybridized carbons (Fsp3) is 0.235.